The van der Waals surface area contributed by atoms with Crippen LogP contribution in [-0.2, 0) is 0 Å². The van der Waals surface area contributed by atoms with E-state index >= 15 is 0 Å². The third-order valence-electron chi connectivity index (χ3n) is 1.91. The molecule has 0 saturated heterocycles. The average molecular weight is 261 g/mol. The lowest BCUT2D eigenvalue weighted by molar-refractivity contribution is -0.386. The highest BCUT2D eigenvalue weighted by molar-refractivity contribution is 6.33. The fourth-order valence-corrected chi connectivity index (χ4v) is 1.59. The maximum atomic E-state index is 10.9. The molecule has 0 unspecified atom stereocenters. The molecule has 1 heterocycles. The van der Waals surface area contributed by atoms with Crippen molar-refractivity contribution in [3.05, 3.63) is 32.1 Å². The Labute approximate surface area is 98.6 Å². The van der Waals surface area contributed by atoms with Crippen molar-refractivity contribution in [1.29, 1.82) is 0 Å². The van der Waals surface area contributed by atoms with Crippen LogP contribution < -0.4 is 0 Å². The summed E-state index contributed by atoms with van der Waals surface area (Å²) in [5.41, 5.74) is -3.00. The Morgan fingerprint density at radius 1 is 1.29 bits per heavy atom. The van der Waals surface area contributed by atoms with Gasteiger partial charge in [0.1, 0.15) is 16.4 Å². The lowest BCUT2D eigenvalue weighted by Gasteiger charge is -2.06. The van der Waals surface area contributed by atoms with Gasteiger partial charge in [-0.1, -0.05) is 11.6 Å². The first-order chi connectivity index (χ1) is 7.77. The van der Waals surface area contributed by atoms with Crippen molar-refractivity contribution >= 4 is 29.2 Å². The zero-order valence-corrected chi connectivity index (χ0v) is 9.06. The molecule has 0 saturated carbocycles. The van der Waals surface area contributed by atoms with Crippen LogP contribution in [-0.4, -0.2) is 32.1 Å². The number of aromatic nitrogens is 1. The molecule has 90 valence electrons. The van der Waals surface area contributed by atoms with Crippen LogP contribution in [0.25, 0.3) is 0 Å². The smallest absolute Gasteiger partial charge is 0.343 e. The number of carboxylic acids is 2. The van der Waals surface area contributed by atoms with Gasteiger partial charge in [0.25, 0.3) is 0 Å². The molecule has 0 aromatic carbocycles. The molecule has 17 heavy (non-hydrogen) atoms. The van der Waals surface area contributed by atoms with E-state index in [1.165, 1.54) is 6.92 Å². The highest BCUT2D eigenvalue weighted by atomic mass is 35.5. The first kappa shape index (κ1) is 12.8. The number of nitrogens with zero attached hydrogens (tertiary/aromatic N) is 2. The number of rotatable bonds is 3. The maximum absolute atomic E-state index is 10.9. The van der Waals surface area contributed by atoms with E-state index in [1.54, 1.807) is 0 Å². The number of aryl methyl sites for hydroxylation is 1. The monoisotopic (exact) mass is 260 g/mol. The minimum Gasteiger partial charge on any atom is -0.478 e. The van der Waals surface area contributed by atoms with Crippen molar-refractivity contribution in [1.82, 2.24) is 4.98 Å². The highest BCUT2D eigenvalue weighted by Gasteiger charge is 2.33. The molecular formula is C8H5ClN2O6. The van der Waals surface area contributed by atoms with Crippen LogP contribution in [0.3, 0.4) is 0 Å². The van der Waals surface area contributed by atoms with Crippen molar-refractivity contribution in [2.75, 3.05) is 0 Å². The molecule has 0 aliphatic rings. The van der Waals surface area contributed by atoms with E-state index in [0.29, 0.717) is 0 Å². The summed E-state index contributed by atoms with van der Waals surface area (Å²) in [5, 5.41) is 27.7. The zero-order valence-electron chi connectivity index (χ0n) is 8.30. The number of hydrogen-bond donors (Lipinski definition) is 2. The van der Waals surface area contributed by atoms with Crippen molar-refractivity contribution in [3.63, 3.8) is 0 Å². The van der Waals surface area contributed by atoms with E-state index < -0.39 is 38.8 Å². The van der Waals surface area contributed by atoms with Crippen LogP contribution in [0, 0.1) is 17.0 Å². The van der Waals surface area contributed by atoms with Crippen molar-refractivity contribution in [3.8, 4) is 0 Å². The molecule has 8 nitrogen and oxygen atoms in total. The van der Waals surface area contributed by atoms with Gasteiger partial charge in [0.15, 0.2) is 5.56 Å². The molecule has 1 aromatic rings. The number of carboxylic acid groups (broad SMARTS) is 2. The molecule has 9 heteroatoms. The van der Waals surface area contributed by atoms with Gasteiger partial charge in [-0.3, -0.25) is 10.1 Å². The third kappa shape index (κ3) is 2.16. The first-order valence-corrected chi connectivity index (χ1v) is 4.46. The Bertz CT molecular complexity index is 503. The Hall–Kier alpha value is -2.22. The first-order valence-electron chi connectivity index (χ1n) is 4.08. The van der Waals surface area contributed by atoms with Gasteiger partial charge in [-0.15, -0.1) is 0 Å². The molecule has 1 rings (SSSR count). The largest absolute Gasteiger partial charge is 0.478 e. The Morgan fingerprint density at radius 3 is 2.12 bits per heavy atom. The van der Waals surface area contributed by atoms with Crippen LogP contribution in [0.4, 0.5) is 5.69 Å². The van der Waals surface area contributed by atoms with Crippen molar-refractivity contribution in [2.45, 2.75) is 6.92 Å². The van der Waals surface area contributed by atoms with Crippen LogP contribution in [0.5, 0.6) is 0 Å². The highest BCUT2D eigenvalue weighted by Crippen LogP contribution is 2.29. The third-order valence-corrected chi connectivity index (χ3v) is 2.19. The van der Waals surface area contributed by atoms with Crippen molar-refractivity contribution < 1.29 is 24.7 Å². The fourth-order valence-electron chi connectivity index (χ4n) is 1.29. The maximum Gasteiger partial charge on any atom is 0.343 e. The average Bonchev–Trinajstić information content (AvgIpc) is 2.14. The second-order valence-electron chi connectivity index (χ2n) is 2.95. The zero-order chi connectivity index (χ0) is 13.3. The van der Waals surface area contributed by atoms with Gasteiger partial charge in [0, 0.05) is 0 Å². The summed E-state index contributed by atoms with van der Waals surface area (Å²) < 4.78 is 0. The SMILES string of the molecule is Cc1nc(Cl)c(C(=O)O)c(C(=O)O)c1[N+](=O)[O-]. The molecule has 0 bridgehead atoms. The minimum absolute atomic E-state index is 0.262. The predicted octanol–water partition coefficient (Wildman–Crippen LogP) is 1.35. The summed E-state index contributed by atoms with van der Waals surface area (Å²) >= 11 is 5.47. The number of halogens is 1. The Morgan fingerprint density at radius 2 is 1.76 bits per heavy atom. The standard InChI is InChI=1S/C8H5ClN2O6/c1-2-5(11(16)17)3(7(12)13)4(8(14)15)6(9)10-2/h1H3,(H,12,13)(H,14,15). The molecule has 0 aliphatic carbocycles. The summed E-state index contributed by atoms with van der Waals surface area (Å²) in [6.45, 7) is 1.17. The summed E-state index contributed by atoms with van der Waals surface area (Å²) in [7, 11) is 0. The topological polar surface area (TPSA) is 131 Å². The van der Waals surface area contributed by atoms with Gasteiger partial charge >= 0.3 is 17.6 Å². The van der Waals surface area contributed by atoms with Crippen LogP contribution >= 0.6 is 11.6 Å². The summed E-state index contributed by atoms with van der Waals surface area (Å²) in [5.74, 6) is -3.44. The molecule has 0 amide bonds. The van der Waals surface area contributed by atoms with E-state index in [2.05, 4.69) is 4.98 Å². The number of carbonyl (C=O) groups is 2. The number of aromatic carboxylic acids is 2. The molecule has 0 spiro atoms. The van der Waals surface area contributed by atoms with E-state index in [9.17, 15) is 19.7 Å². The van der Waals surface area contributed by atoms with E-state index in [4.69, 9.17) is 21.8 Å². The molecular weight excluding hydrogens is 256 g/mol. The second-order valence-corrected chi connectivity index (χ2v) is 3.31. The predicted molar refractivity (Wildman–Crippen MR) is 54.6 cm³/mol. The Balaban J connectivity index is 3.85. The second kappa shape index (κ2) is 4.34. The number of nitro groups is 1. The summed E-state index contributed by atoms with van der Waals surface area (Å²) in [4.78, 5) is 34.9. The van der Waals surface area contributed by atoms with E-state index in [1.807, 2.05) is 0 Å². The molecule has 2 N–H and O–H groups in total. The lowest BCUT2D eigenvalue weighted by atomic mass is 10.1. The molecule has 0 fully saturated rings. The normalized spacial score (nSPS) is 10.0. The van der Waals surface area contributed by atoms with Gasteiger partial charge in [-0.05, 0) is 6.92 Å². The van der Waals surface area contributed by atoms with Crippen LogP contribution in [0.15, 0.2) is 0 Å². The van der Waals surface area contributed by atoms with Gasteiger partial charge in [-0.2, -0.15) is 0 Å². The van der Waals surface area contributed by atoms with Crippen LogP contribution in [0.1, 0.15) is 26.4 Å². The van der Waals surface area contributed by atoms with Gasteiger partial charge in [0.05, 0.1) is 4.92 Å². The van der Waals surface area contributed by atoms with Crippen LogP contribution in [0.2, 0.25) is 5.15 Å². The van der Waals surface area contributed by atoms with Gasteiger partial charge < -0.3 is 10.2 Å². The van der Waals surface area contributed by atoms with Gasteiger partial charge in [-0.25, -0.2) is 14.6 Å². The number of hydrogen-bond acceptors (Lipinski definition) is 5. The van der Waals surface area contributed by atoms with E-state index in [0.717, 1.165) is 0 Å². The fraction of sp³-hybridized carbons (Fsp3) is 0.125. The van der Waals surface area contributed by atoms with Gasteiger partial charge in [0.2, 0.25) is 0 Å². The van der Waals surface area contributed by atoms with Crippen molar-refractivity contribution in [2.24, 2.45) is 0 Å². The molecule has 1 aromatic heterocycles. The summed E-state index contributed by atoms with van der Waals surface area (Å²) in [6, 6.07) is 0. The number of pyridine rings is 1. The lowest BCUT2D eigenvalue weighted by Crippen LogP contribution is -2.14. The molecule has 0 aliphatic heterocycles. The quantitative estimate of drug-likeness (QED) is 0.476. The molecule has 0 atom stereocenters. The minimum atomic E-state index is -1.75. The Kier molecular flexibility index (Phi) is 3.28. The molecule has 0 radical (unpaired) electrons. The van der Waals surface area contributed by atoms with E-state index in [-0.39, 0.29) is 5.69 Å². The summed E-state index contributed by atoms with van der Waals surface area (Å²) in [6.07, 6.45) is 0.